The fourth-order valence-corrected chi connectivity index (χ4v) is 3.91. The van der Waals surface area contributed by atoms with Crippen molar-refractivity contribution in [2.75, 3.05) is 6.54 Å². The maximum Gasteiger partial charge on any atom is 0.266 e. The van der Waals surface area contributed by atoms with Crippen LogP contribution >= 0.6 is 22.9 Å². The number of aromatic amines is 1. The number of nitrogens with zero attached hydrogens (tertiary/aromatic N) is 2. The number of carbonyl (C=O) groups excluding carboxylic acids is 1. The molecule has 0 radical (unpaired) electrons. The average Bonchev–Trinajstić information content (AvgIpc) is 2.97. The van der Waals surface area contributed by atoms with Crippen LogP contribution in [0.5, 0.6) is 0 Å². The summed E-state index contributed by atoms with van der Waals surface area (Å²) < 4.78 is 0.710. The molecule has 0 bridgehead atoms. The molecule has 2 aromatic rings. The number of H-pyrrole nitrogens is 1. The van der Waals surface area contributed by atoms with Crippen molar-refractivity contribution in [1.29, 1.82) is 5.26 Å². The highest BCUT2D eigenvalue weighted by Gasteiger charge is 2.17. The van der Waals surface area contributed by atoms with Gasteiger partial charge in [0.05, 0.1) is 10.9 Å². The van der Waals surface area contributed by atoms with Gasteiger partial charge in [0.15, 0.2) is 0 Å². The van der Waals surface area contributed by atoms with E-state index in [0.717, 1.165) is 10.4 Å². The fraction of sp³-hybridized carbons (Fsp3) is 0.389. The molecule has 1 amide bonds. The fourth-order valence-electron chi connectivity index (χ4n) is 2.81. The number of nitrogens with one attached hydrogen (secondary N) is 1. The van der Waals surface area contributed by atoms with Crippen LogP contribution in [0.2, 0.25) is 4.34 Å². The van der Waals surface area contributed by atoms with Crippen molar-refractivity contribution < 1.29 is 4.79 Å². The van der Waals surface area contributed by atoms with Crippen LogP contribution in [0.4, 0.5) is 0 Å². The maximum atomic E-state index is 12.6. The molecule has 1 N–H and O–H groups in total. The van der Waals surface area contributed by atoms with Crippen LogP contribution in [0.15, 0.2) is 16.9 Å². The van der Waals surface area contributed by atoms with Crippen molar-refractivity contribution in [2.45, 2.75) is 40.2 Å². The second kappa shape index (κ2) is 8.32. The first-order chi connectivity index (χ1) is 11.9. The molecular formula is C18H20ClN3O2S. The minimum absolute atomic E-state index is 0.0375. The minimum atomic E-state index is -0.377. The van der Waals surface area contributed by atoms with Crippen LogP contribution in [-0.2, 0) is 17.8 Å². The molecule has 5 nitrogen and oxygen atoms in total. The first-order valence-corrected chi connectivity index (χ1v) is 9.21. The Hall–Kier alpha value is -2.10. The van der Waals surface area contributed by atoms with E-state index in [0.29, 0.717) is 41.5 Å². The van der Waals surface area contributed by atoms with Crippen LogP contribution in [0.1, 0.15) is 40.6 Å². The van der Waals surface area contributed by atoms with E-state index in [9.17, 15) is 9.59 Å². The van der Waals surface area contributed by atoms with Crippen LogP contribution in [-0.4, -0.2) is 22.3 Å². The summed E-state index contributed by atoms with van der Waals surface area (Å²) in [6, 6.07) is 5.70. The van der Waals surface area contributed by atoms with E-state index in [1.807, 2.05) is 25.1 Å². The summed E-state index contributed by atoms with van der Waals surface area (Å²) in [5.74, 6) is 0.0375. The molecule has 0 fully saturated rings. The van der Waals surface area contributed by atoms with Gasteiger partial charge in [-0.3, -0.25) is 9.59 Å². The van der Waals surface area contributed by atoms with E-state index >= 15 is 0 Å². The van der Waals surface area contributed by atoms with E-state index in [-0.39, 0.29) is 17.0 Å². The number of nitriles is 1. The zero-order valence-corrected chi connectivity index (χ0v) is 16.1. The van der Waals surface area contributed by atoms with Crippen LogP contribution in [0, 0.1) is 25.2 Å². The topological polar surface area (TPSA) is 77.0 Å². The Morgan fingerprint density at radius 3 is 2.68 bits per heavy atom. The van der Waals surface area contributed by atoms with Crippen LogP contribution < -0.4 is 5.56 Å². The molecule has 0 spiro atoms. The van der Waals surface area contributed by atoms with E-state index in [1.165, 1.54) is 11.3 Å². The number of carbonyl (C=O) groups is 1. The molecule has 0 aliphatic rings. The van der Waals surface area contributed by atoms with Gasteiger partial charge in [0.2, 0.25) is 5.91 Å². The van der Waals surface area contributed by atoms with Crippen molar-refractivity contribution in [1.82, 2.24) is 9.88 Å². The molecule has 7 heteroatoms. The molecule has 0 saturated carbocycles. The van der Waals surface area contributed by atoms with Gasteiger partial charge in [-0.1, -0.05) is 11.6 Å². The van der Waals surface area contributed by atoms with E-state index in [2.05, 4.69) is 4.98 Å². The third-order valence-corrected chi connectivity index (χ3v) is 5.43. The lowest BCUT2D eigenvalue weighted by molar-refractivity contribution is -0.131. The second-order valence-corrected chi connectivity index (χ2v) is 7.58. The molecule has 132 valence electrons. The quantitative estimate of drug-likeness (QED) is 0.836. The Bertz CT molecular complexity index is 879. The largest absolute Gasteiger partial charge is 0.338 e. The number of rotatable bonds is 6. The number of aromatic nitrogens is 1. The van der Waals surface area contributed by atoms with Gasteiger partial charge in [-0.05, 0) is 50.5 Å². The highest BCUT2D eigenvalue weighted by Crippen LogP contribution is 2.23. The Kier molecular flexibility index (Phi) is 6.40. The predicted octanol–water partition coefficient (Wildman–Crippen LogP) is 3.56. The van der Waals surface area contributed by atoms with Gasteiger partial charge in [-0.2, -0.15) is 5.26 Å². The van der Waals surface area contributed by atoms with Gasteiger partial charge in [0.25, 0.3) is 5.56 Å². The third kappa shape index (κ3) is 4.50. The van der Waals surface area contributed by atoms with Crippen LogP contribution in [0.3, 0.4) is 0 Å². The molecule has 0 atom stereocenters. The summed E-state index contributed by atoms with van der Waals surface area (Å²) >= 11 is 7.41. The molecule has 2 rings (SSSR count). The number of hydrogen-bond donors (Lipinski definition) is 1. The molecule has 0 unspecified atom stereocenters. The average molecular weight is 378 g/mol. The van der Waals surface area contributed by atoms with Gasteiger partial charge >= 0.3 is 0 Å². The summed E-state index contributed by atoms with van der Waals surface area (Å²) in [5, 5.41) is 9.13. The first kappa shape index (κ1) is 19.2. The Balaban J connectivity index is 2.11. The maximum absolute atomic E-state index is 12.6. The summed E-state index contributed by atoms with van der Waals surface area (Å²) in [6.45, 7) is 6.64. The normalized spacial score (nSPS) is 10.5. The molecule has 25 heavy (non-hydrogen) atoms. The van der Waals surface area contributed by atoms with E-state index in [4.69, 9.17) is 16.9 Å². The molecule has 2 heterocycles. The van der Waals surface area contributed by atoms with Gasteiger partial charge in [-0.15, -0.1) is 11.3 Å². The first-order valence-electron chi connectivity index (χ1n) is 8.01. The molecule has 0 aliphatic heterocycles. The highest BCUT2D eigenvalue weighted by molar-refractivity contribution is 7.16. The molecule has 0 aromatic carbocycles. The Morgan fingerprint density at radius 2 is 2.12 bits per heavy atom. The van der Waals surface area contributed by atoms with Crippen molar-refractivity contribution in [3.05, 3.63) is 54.1 Å². The highest BCUT2D eigenvalue weighted by atomic mass is 35.5. The number of pyridine rings is 1. The minimum Gasteiger partial charge on any atom is -0.338 e. The van der Waals surface area contributed by atoms with Crippen molar-refractivity contribution in [3.63, 3.8) is 0 Å². The van der Waals surface area contributed by atoms with Crippen molar-refractivity contribution >= 4 is 28.8 Å². The summed E-state index contributed by atoms with van der Waals surface area (Å²) in [7, 11) is 0. The summed E-state index contributed by atoms with van der Waals surface area (Å²) in [5.41, 5.74) is 1.97. The number of aryl methyl sites for hydroxylation is 1. The summed E-state index contributed by atoms with van der Waals surface area (Å²) in [4.78, 5) is 29.9. The standard InChI is InChI=1S/C18H20ClN3O2S/c1-4-22(10-13-5-7-16(19)25-13)17(23)8-6-14-11(2)15(9-20)18(24)21-12(14)3/h5,7H,4,6,8,10H2,1-3H3,(H,21,24). The van der Waals surface area contributed by atoms with Crippen molar-refractivity contribution in [2.24, 2.45) is 0 Å². The van der Waals surface area contributed by atoms with Gasteiger partial charge in [-0.25, -0.2) is 0 Å². The SMILES string of the molecule is CCN(Cc1ccc(Cl)s1)C(=O)CCc1c(C)[nH]c(=O)c(C#N)c1C. The summed E-state index contributed by atoms with van der Waals surface area (Å²) in [6.07, 6.45) is 0.815. The lowest BCUT2D eigenvalue weighted by atomic mass is 9.99. The zero-order valence-electron chi connectivity index (χ0n) is 14.5. The smallest absolute Gasteiger partial charge is 0.266 e. The second-order valence-electron chi connectivity index (χ2n) is 5.78. The molecule has 2 aromatic heterocycles. The lowest BCUT2D eigenvalue weighted by Gasteiger charge is -2.20. The van der Waals surface area contributed by atoms with Gasteiger partial charge in [0, 0.05) is 23.5 Å². The Labute approximate surface area is 155 Å². The molecular weight excluding hydrogens is 358 g/mol. The predicted molar refractivity (Wildman–Crippen MR) is 100.0 cm³/mol. The van der Waals surface area contributed by atoms with Gasteiger partial charge in [0.1, 0.15) is 11.6 Å². The van der Waals surface area contributed by atoms with Crippen molar-refractivity contribution in [3.8, 4) is 6.07 Å². The molecule has 0 saturated heterocycles. The number of hydrogen-bond acceptors (Lipinski definition) is 4. The number of amides is 1. The Morgan fingerprint density at radius 1 is 1.40 bits per heavy atom. The van der Waals surface area contributed by atoms with E-state index < -0.39 is 0 Å². The van der Waals surface area contributed by atoms with Gasteiger partial charge < -0.3 is 9.88 Å². The monoisotopic (exact) mass is 377 g/mol. The lowest BCUT2D eigenvalue weighted by Crippen LogP contribution is -2.30. The van der Waals surface area contributed by atoms with E-state index in [1.54, 1.807) is 18.7 Å². The number of thiophene rings is 1. The van der Waals surface area contributed by atoms with Crippen LogP contribution in [0.25, 0.3) is 0 Å². The zero-order chi connectivity index (χ0) is 18.6. The number of halogens is 1. The third-order valence-electron chi connectivity index (χ3n) is 4.22. The molecule has 0 aliphatic carbocycles.